The van der Waals surface area contributed by atoms with E-state index in [1.165, 1.54) is 6.20 Å². The summed E-state index contributed by atoms with van der Waals surface area (Å²) in [5.41, 5.74) is 3.61. The van der Waals surface area contributed by atoms with E-state index < -0.39 is 0 Å². The van der Waals surface area contributed by atoms with Gasteiger partial charge in [-0.05, 0) is 36.4 Å². The Morgan fingerprint density at radius 1 is 1.22 bits per heavy atom. The molecular formula is C12H11BrN4O. The molecule has 4 N–H and O–H groups in total. The van der Waals surface area contributed by atoms with E-state index in [2.05, 4.69) is 31.7 Å². The molecule has 0 aliphatic heterocycles. The molecule has 0 unspecified atom stereocenters. The maximum absolute atomic E-state index is 11.9. The van der Waals surface area contributed by atoms with E-state index in [-0.39, 0.29) is 5.91 Å². The third kappa shape index (κ3) is 3.06. The summed E-state index contributed by atoms with van der Waals surface area (Å²) in [7, 11) is 0. The highest BCUT2D eigenvalue weighted by molar-refractivity contribution is 9.10. The second-order valence-corrected chi connectivity index (χ2v) is 4.45. The van der Waals surface area contributed by atoms with Crippen LogP contribution in [-0.4, -0.2) is 10.9 Å². The molecule has 0 radical (unpaired) electrons. The fourth-order valence-electron chi connectivity index (χ4n) is 1.39. The summed E-state index contributed by atoms with van der Waals surface area (Å²) < 4.78 is 0.957. The molecule has 92 valence electrons. The zero-order valence-electron chi connectivity index (χ0n) is 9.35. The standard InChI is InChI=1S/C12H11BrN4O/c13-9-1-3-10(4-2-9)16-12(18)8-5-6-15-11(7-8)17-14/h1-7H,14H2,(H,15,17)(H,16,18). The number of aromatic nitrogens is 1. The lowest BCUT2D eigenvalue weighted by molar-refractivity contribution is 0.102. The number of hydrazine groups is 1. The summed E-state index contributed by atoms with van der Waals surface area (Å²) in [5, 5.41) is 2.78. The topological polar surface area (TPSA) is 80.0 Å². The fraction of sp³-hybridized carbons (Fsp3) is 0. The first-order chi connectivity index (χ1) is 8.69. The molecular weight excluding hydrogens is 296 g/mol. The molecule has 0 aliphatic carbocycles. The molecule has 6 heteroatoms. The Labute approximate surface area is 113 Å². The number of nitrogens with one attached hydrogen (secondary N) is 2. The van der Waals surface area contributed by atoms with E-state index in [0.29, 0.717) is 11.4 Å². The normalized spacial score (nSPS) is 9.89. The molecule has 18 heavy (non-hydrogen) atoms. The van der Waals surface area contributed by atoms with Crippen molar-refractivity contribution in [1.82, 2.24) is 4.98 Å². The van der Waals surface area contributed by atoms with Crippen LogP contribution in [0.15, 0.2) is 47.1 Å². The van der Waals surface area contributed by atoms with Crippen molar-refractivity contribution in [3.05, 3.63) is 52.6 Å². The van der Waals surface area contributed by atoms with Crippen molar-refractivity contribution in [1.29, 1.82) is 0 Å². The number of anilines is 2. The number of halogens is 1. The van der Waals surface area contributed by atoms with Crippen LogP contribution in [0.5, 0.6) is 0 Å². The number of hydrogen-bond donors (Lipinski definition) is 3. The quantitative estimate of drug-likeness (QED) is 0.601. The number of benzene rings is 1. The number of nitrogen functional groups attached to an aromatic ring is 1. The Morgan fingerprint density at radius 3 is 2.61 bits per heavy atom. The smallest absolute Gasteiger partial charge is 0.255 e. The second kappa shape index (κ2) is 5.61. The van der Waals surface area contributed by atoms with E-state index in [1.807, 2.05) is 24.3 Å². The number of pyridine rings is 1. The van der Waals surface area contributed by atoms with Gasteiger partial charge in [-0.15, -0.1) is 0 Å². The van der Waals surface area contributed by atoms with Crippen molar-refractivity contribution in [2.45, 2.75) is 0 Å². The van der Waals surface area contributed by atoms with E-state index in [4.69, 9.17) is 5.84 Å². The van der Waals surface area contributed by atoms with Gasteiger partial charge in [0.1, 0.15) is 5.82 Å². The van der Waals surface area contributed by atoms with Crippen LogP contribution in [0.3, 0.4) is 0 Å². The lowest BCUT2D eigenvalue weighted by Gasteiger charge is -2.06. The molecule has 0 bridgehead atoms. The zero-order chi connectivity index (χ0) is 13.0. The van der Waals surface area contributed by atoms with Crippen LogP contribution < -0.4 is 16.6 Å². The van der Waals surface area contributed by atoms with Gasteiger partial charge in [0, 0.05) is 21.9 Å². The van der Waals surface area contributed by atoms with E-state index >= 15 is 0 Å². The van der Waals surface area contributed by atoms with Crippen molar-refractivity contribution in [2.75, 3.05) is 10.7 Å². The number of nitrogens with zero attached hydrogens (tertiary/aromatic N) is 1. The summed E-state index contributed by atoms with van der Waals surface area (Å²) in [6.45, 7) is 0. The van der Waals surface area contributed by atoms with Gasteiger partial charge < -0.3 is 10.7 Å². The predicted octanol–water partition coefficient (Wildman–Crippen LogP) is 2.38. The number of nitrogens with two attached hydrogens (primary N) is 1. The van der Waals surface area contributed by atoms with Gasteiger partial charge in [0.15, 0.2) is 0 Å². The average molecular weight is 307 g/mol. The minimum absolute atomic E-state index is 0.212. The summed E-state index contributed by atoms with van der Waals surface area (Å²) in [4.78, 5) is 15.9. The molecule has 0 saturated carbocycles. The molecule has 2 aromatic rings. The van der Waals surface area contributed by atoms with Crippen LogP contribution in [0.4, 0.5) is 11.5 Å². The van der Waals surface area contributed by atoms with Crippen LogP contribution in [0.25, 0.3) is 0 Å². The summed E-state index contributed by atoms with van der Waals surface area (Å²) in [5.74, 6) is 5.47. The van der Waals surface area contributed by atoms with Crippen LogP contribution in [-0.2, 0) is 0 Å². The first kappa shape index (κ1) is 12.5. The summed E-state index contributed by atoms with van der Waals surface area (Å²) in [6, 6.07) is 10.5. The van der Waals surface area contributed by atoms with Gasteiger partial charge in [0.05, 0.1) is 0 Å². The Balaban J connectivity index is 2.14. The van der Waals surface area contributed by atoms with Gasteiger partial charge in [-0.3, -0.25) is 4.79 Å². The Morgan fingerprint density at radius 2 is 1.94 bits per heavy atom. The maximum Gasteiger partial charge on any atom is 0.255 e. The highest BCUT2D eigenvalue weighted by atomic mass is 79.9. The Bertz CT molecular complexity index is 556. The third-order valence-electron chi connectivity index (χ3n) is 2.27. The number of hydrogen-bond acceptors (Lipinski definition) is 4. The molecule has 1 aromatic heterocycles. The third-order valence-corrected chi connectivity index (χ3v) is 2.80. The van der Waals surface area contributed by atoms with E-state index in [9.17, 15) is 4.79 Å². The largest absolute Gasteiger partial charge is 0.322 e. The van der Waals surface area contributed by atoms with Gasteiger partial charge in [-0.1, -0.05) is 15.9 Å². The molecule has 0 spiro atoms. The molecule has 0 saturated heterocycles. The highest BCUT2D eigenvalue weighted by Gasteiger charge is 2.06. The molecule has 5 nitrogen and oxygen atoms in total. The lowest BCUT2D eigenvalue weighted by atomic mass is 10.2. The molecule has 0 atom stereocenters. The number of carbonyl (C=O) groups excluding carboxylic acids is 1. The summed E-state index contributed by atoms with van der Waals surface area (Å²) in [6.07, 6.45) is 1.52. The molecule has 1 amide bonds. The number of carbonyl (C=O) groups is 1. The van der Waals surface area contributed by atoms with E-state index in [1.54, 1.807) is 12.1 Å². The van der Waals surface area contributed by atoms with Gasteiger partial charge in [-0.25, -0.2) is 10.8 Å². The predicted molar refractivity (Wildman–Crippen MR) is 74.1 cm³/mol. The van der Waals surface area contributed by atoms with Gasteiger partial charge in [0.25, 0.3) is 5.91 Å². The van der Waals surface area contributed by atoms with Crippen LogP contribution in [0, 0.1) is 0 Å². The van der Waals surface area contributed by atoms with Crippen molar-refractivity contribution in [2.24, 2.45) is 5.84 Å². The molecule has 0 aliphatic rings. The first-order valence-electron chi connectivity index (χ1n) is 5.18. The lowest BCUT2D eigenvalue weighted by Crippen LogP contribution is -2.14. The van der Waals surface area contributed by atoms with Crippen molar-refractivity contribution >= 4 is 33.3 Å². The first-order valence-corrected chi connectivity index (χ1v) is 5.98. The molecule has 1 aromatic carbocycles. The van der Waals surface area contributed by atoms with Crippen molar-refractivity contribution in [3.63, 3.8) is 0 Å². The summed E-state index contributed by atoms with van der Waals surface area (Å²) >= 11 is 3.33. The van der Waals surface area contributed by atoms with Gasteiger partial charge in [-0.2, -0.15) is 0 Å². The molecule has 2 rings (SSSR count). The Kier molecular flexibility index (Phi) is 3.91. The molecule has 1 heterocycles. The highest BCUT2D eigenvalue weighted by Crippen LogP contribution is 2.15. The van der Waals surface area contributed by atoms with E-state index in [0.717, 1.165) is 10.2 Å². The van der Waals surface area contributed by atoms with Gasteiger partial charge in [0.2, 0.25) is 0 Å². The van der Waals surface area contributed by atoms with Crippen LogP contribution in [0.2, 0.25) is 0 Å². The maximum atomic E-state index is 11.9. The van der Waals surface area contributed by atoms with Gasteiger partial charge >= 0.3 is 0 Å². The molecule has 0 fully saturated rings. The van der Waals surface area contributed by atoms with Crippen LogP contribution >= 0.6 is 15.9 Å². The average Bonchev–Trinajstić information content (AvgIpc) is 2.41. The van der Waals surface area contributed by atoms with Crippen molar-refractivity contribution in [3.8, 4) is 0 Å². The zero-order valence-corrected chi connectivity index (χ0v) is 10.9. The Hall–Kier alpha value is -1.92. The number of rotatable bonds is 3. The number of amides is 1. The minimum atomic E-state index is -0.212. The minimum Gasteiger partial charge on any atom is -0.322 e. The fourth-order valence-corrected chi connectivity index (χ4v) is 1.65. The van der Waals surface area contributed by atoms with Crippen LogP contribution in [0.1, 0.15) is 10.4 Å². The van der Waals surface area contributed by atoms with Crippen molar-refractivity contribution < 1.29 is 4.79 Å². The second-order valence-electron chi connectivity index (χ2n) is 3.54. The monoisotopic (exact) mass is 306 g/mol. The SMILES string of the molecule is NNc1cc(C(=O)Nc2ccc(Br)cc2)ccn1.